The summed E-state index contributed by atoms with van der Waals surface area (Å²) in [7, 11) is 0. The Labute approximate surface area is 98.2 Å². The fourth-order valence-corrected chi connectivity index (χ4v) is 1.71. The molecule has 0 aliphatic heterocycles. The van der Waals surface area contributed by atoms with E-state index < -0.39 is 5.91 Å². The number of furan rings is 1. The van der Waals surface area contributed by atoms with Crippen LogP contribution in [-0.4, -0.2) is 21.7 Å². The van der Waals surface area contributed by atoms with Gasteiger partial charge in [-0.25, -0.2) is 0 Å². The first-order chi connectivity index (χ1) is 8.09. The fraction of sp³-hybridized carbons (Fsp3) is 0.273. The Kier molecular flexibility index (Phi) is 2.97. The minimum absolute atomic E-state index is 0.207. The molecule has 6 heteroatoms. The number of primary amides is 1. The van der Waals surface area contributed by atoms with Crippen LogP contribution in [0.1, 0.15) is 29.1 Å². The van der Waals surface area contributed by atoms with Crippen molar-refractivity contribution >= 4 is 5.91 Å². The van der Waals surface area contributed by atoms with Gasteiger partial charge in [0.25, 0.3) is 5.91 Å². The summed E-state index contributed by atoms with van der Waals surface area (Å²) in [6, 6.07) is 3.14. The van der Waals surface area contributed by atoms with Gasteiger partial charge in [0.2, 0.25) is 0 Å². The molecule has 2 rings (SSSR count). The van der Waals surface area contributed by atoms with Gasteiger partial charge in [0.15, 0.2) is 0 Å². The minimum atomic E-state index is -0.515. The minimum Gasteiger partial charge on any atom is -0.467 e. The maximum Gasteiger partial charge on any atom is 0.251 e. The molecule has 2 heterocycles. The molecule has 0 saturated carbocycles. The van der Waals surface area contributed by atoms with E-state index in [0.717, 1.165) is 0 Å². The van der Waals surface area contributed by atoms with Crippen LogP contribution in [0.3, 0.4) is 0 Å². The molecule has 0 fully saturated rings. The Hall–Kier alpha value is -2.08. The van der Waals surface area contributed by atoms with Crippen LogP contribution in [0.5, 0.6) is 0 Å². The Balaban J connectivity index is 2.36. The van der Waals surface area contributed by atoms with Crippen molar-refractivity contribution in [2.75, 3.05) is 0 Å². The lowest BCUT2D eigenvalue weighted by atomic mass is 10.1. The topological polar surface area (TPSA) is 100 Å². The Morgan fingerprint density at radius 3 is 2.82 bits per heavy atom. The van der Waals surface area contributed by atoms with Gasteiger partial charge in [-0.15, -0.1) is 0 Å². The average Bonchev–Trinajstić information content (AvgIpc) is 2.88. The third-order valence-corrected chi connectivity index (χ3v) is 2.50. The summed E-state index contributed by atoms with van der Waals surface area (Å²) in [5.41, 5.74) is 11.4. The van der Waals surface area contributed by atoms with Gasteiger partial charge in [0.1, 0.15) is 11.8 Å². The SMILES string of the molecule is CC(N)C(c1ccco1)n1cc(C(N)=O)cn1. The summed E-state index contributed by atoms with van der Waals surface area (Å²) in [5, 5.41) is 4.09. The monoisotopic (exact) mass is 234 g/mol. The van der Waals surface area contributed by atoms with Gasteiger partial charge in [-0.3, -0.25) is 9.48 Å². The smallest absolute Gasteiger partial charge is 0.251 e. The van der Waals surface area contributed by atoms with Crippen LogP contribution in [0.25, 0.3) is 0 Å². The third kappa shape index (κ3) is 2.21. The molecule has 0 aliphatic carbocycles. The fourth-order valence-electron chi connectivity index (χ4n) is 1.71. The number of carbonyl (C=O) groups is 1. The summed E-state index contributed by atoms with van der Waals surface area (Å²) in [4.78, 5) is 11.0. The molecule has 4 N–H and O–H groups in total. The van der Waals surface area contributed by atoms with E-state index in [1.54, 1.807) is 23.2 Å². The van der Waals surface area contributed by atoms with E-state index in [9.17, 15) is 4.79 Å². The van der Waals surface area contributed by atoms with Crippen molar-refractivity contribution in [3.63, 3.8) is 0 Å². The molecule has 2 aromatic rings. The second kappa shape index (κ2) is 4.42. The number of hydrogen-bond acceptors (Lipinski definition) is 4. The molecule has 2 atom stereocenters. The van der Waals surface area contributed by atoms with Crippen LogP contribution in [0.4, 0.5) is 0 Å². The highest BCUT2D eigenvalue weighted by Gasteiger charge is 2.22. The van der Waals surface area contributed by atoms with Crippen LogP contribution in [0.2, 0.25) is 0 Å². The second-order valence-corrected chi connectivity index (χ2v) is 3.89. The molecule has 2 aromatic heterocycles. The van der Waals surface area contributed by atoms with Crippen LogP contribution < -0.4 is 11.5 Å². The first-order valence-electron chi connectivity index (χ1n) is 5.22. The van der Waals surface area contributed by atoms with Gasteiger partial charge in [0.05, 0.1) is 18.0 Å². The molecule has 90 valence electrons. The lowest BCUT2D eigenvalue weighted by Gasteiger charge is -2.18. The van der Waals surface area contributed by atoms with Gasteiger partial charge in [-0.2, -0.15) is 5.10 Å². The van der Waals surface area contributed by atoms with E-state index in [1.807, 2.05) is 13.0 Å². The van der Waals surface area contributed by atoms with Crippen molar-refractivity contribution in [3.05, 3.63) is 42.1 Å². The lowest BCUT2D eigenvalue weighted by molar-refractivity contribution is 0.1000. The van der Waals surface area contributed by atoms with Crippen molar-refractivity contribution in [3.8, 4) is 0 Å². The van der Waals surface area contributed by atoms with Crippen LogP contribution >= 0.6 is 0 Å². The highest BCUT2D eigenvalue weighted by molar-refractivity contribution is 5.92. The molecular weight excluding hydrogens is 220 g/mol. The number of nitrogens with zero attached hydrogens (tertiary/aromatic N) is 2. The first-order valence-corrected chi connectivity index (χ1v) is 5.22. The highest BCUT2D eigenvalue weighted by atomic mass is 16.3. The number of amides is 1. The zero-order valence-electron chi connectivity index (χ0n) is 9.41. The zero-order valence-corrected chi connectivity index (χ0v) is 9.41. The molecule has 17 heavy (non-hydrogen) atoms. The van der Waals surface area contributed by atoms with Gasteiger partial charge in [-0.1, -0.05) is 0 Å². The molecule has 0 radical (unpaired) electrons. The molecule has 2 unspecified atom stereocenters. The highest BCUT2D eigenvalue weighted by Crippen LogP contribution is 2.21. The number of nitrogens with two attached hydrogens (primary N) is 2. The molecule has 0 bridgehead atoms. The Bertz CT molecular complexity index is 501. The molecule has 6 nitrogen and oxygen atoms in total. The van der Waals surface area contributed by atoms with Gasteiger partial charge >= 0.3 is 0 Å². The van der Waals surface area contributed by atoms with E-state index in [0.29, 0.717) is 11.3 Å². The summed E-state index contributed by atoms with van der Waals surface area (Å²) >= 11 is 0. The normalized spacial score (nSPS) is 14.5. The predicted molar refractivity (Wildman–Crippen MR) is 61.2 cm³/mol. The quantitative estimate of drug-likeness (QED) is 0.804. The maximum atomic E-state index is 11.0. The van der Waals surface area contributed by atoms with Crippen molar-refractivity contribution < 1.29 is 9.21 Å². The Morgan fingerprint density at radius 1 is 1.59 bits per heavy atom. The average molecular weight is 234 g/mol. The summed E-state index contributed by atoms with van der Waals surface area (Å²) in [6.07, 6.45) is 4.56. The van der Waals surface area contributed by atoms with E-state index in [4.69, 9.17) is 15.9 Å². The zero-order chi connectivity index (χ0) is 12.4. The van der Waals surface area contributed by atoms with E-state index in [2.05, 4.69) is 5.10 Å². The largest absolute Gasteiger partial charge is 0.467 e. The molecule has 1 amide bonds. The van der Waals surface area contributed by atoms with Gasteiger partial charge < -0.3 is 15.9 Å². The lowest BCUT2D eigenvalue weighted by Crippen LogP contribution is -2.30. The van der Waals surface area contributed by atoms with Crippen molar-refractivity contribution in [2.45, 2.75) is 19.0 Å². The number of rotatable bonds is 4. The summed E-state index contributed by atoms with van der Waals surface area (Å²) in [6.45, 7) is 1.85. The number of carbonyl (C=O) groups excluding carboxylic acids is 1. The second-order valence-electron chi connectivity index (χ2n) is 3.89. The van der Waals surface area contributed by atoms with Crippen molar-refractivity contribution in [2.24, 2.45) is 11.5 Å². The number of hydrogen-bond donors (Lipinski definition) is 2. The van der Waals surface area contributed by atoms with Gasteiger partial charge in [0, 0.05) is 12.2 Å². The van der Waals surface area contributed by atoms with Crippen LogP contribution in [0.15, 0.2) is 35.2 Å². The summed E-state index contributed by atoms with van der Waals surface area (Å²) < 4.78 is 6.91. The first kappa shape index (κ1) is 11.4. The van der Waals surface area contributed by atoms with Crippen molar-refractivity contribution in [1.82, 2.24) is 9.78 Å². The Morgan fingerprint density at radius 2 is 2.35 bits per heavy atom. The van der Waals surface area contributed by atoms with Crippen LogP contribution in [0, 0.1) is 0 Å². The standard InChI is InChI=1S/C11H14N4O2/c1-7(12)10(9-3-2-4-17-9)15-6-8(5-14-15)11(13)16/h2-7,10H,12H2,1H3,(H2,13,16). The van der Waals surface area contributed by atoms with E-state index in [1.165, 1.54) is 6.20 Å². The molecule has 0 aromatic carbocycles. The number of aromatic nitrogens is 2. The molecule has 0 spiro atoms. The third-order valence-electron chi connectivity index (χ3n) is 2.50. The van der Waals surface area contributed by atoms with E-state index in [-0.39, 0.29) is 12.1 Å². The molecule has 0 saturated heterocycles. The molecule has 0 aliphatic rings. The maximum absolute atomic E-state index is 11.0. The molecular formula is C11H14N4O2. The summed E-state index contributed by atoms with van der Waals surface area (Å²) in [5.74, 6) is 0.179. The van der Waals surface area contributed by atoms with Crippen molar-refractivity contribution in [1.29, 1.82) is 0 Å². The van der Waals surface area contributed by atoms with Gasteiger partial charge in [-0.05, 0) is 19.1 Å². The van der Waals surface area contributed by atoms with E-state index >= 15 is 0 Å². The predicted octanol–water partition coefficient (Wildman–Crippen LogP) is 0.512. The van der Waals surface area contributed by atoms with Crippen LogP contribution in [-0.2, 0) is 0 Å².